The van der Waals surface area contributed by atoms with E-state index in [4.69, 9.17) is 9.73 Å². The second-order valence-electron chi connectivity index (χ2n) is 8.73. The van der Waals surface area contributed by atoms with Crippen molar-refractivity contribution in [2.45, 2.75) is 26.2 Å². The molecule has 0 amide bonds. The molecule has 6 nitrogen and oxygen atoms in total. The van der Waals surface area contributed by atoms with Crippen molar-refractivity contribution in [1.82, 2.24) is 15.1 Å². The van der Waals surface area contributed by atoms with E-state index in [9.17, 15) is 0 Å². The Balaban J connectivity index is 0.00000256. The highest BCUT2D eigenvalue weighted by atomic mass is 127. The zero-order chi connectivity index (χ0) is 19.9. The first kappa shape index (κ1) is 23.6. The van der Waals surface area contributed by atoms with Gasteiger partial charge < -0.3 is 19.9 Å². The molecule has 1 N–H and O–H groups in total. The third-order valence-corrected chi connectivity index (χ3v) is 6.65. The highest BCUT2D eigenvalue weighted by Gasteiger charge is 2.42. The van der Waals surface area contributed by atoms with Crippen LogP contribution in [0.15, 0.2) is 35.3 Å². The number of hydrogen-bond donors (Lipinski definition) is 1. The van der Waals surface area contributed by atoms with Gasteiger partial charge in [-0.05, 0) is 38.3 Å². The minimum atomic E-state index is 0. The Labute approximate surface area is 199 Å². The first-order chi connectivity index (χ1) is 14.3. The number of likely N-dealkylation sites (tertiary alicyclic amines) is 1. The smallest absolute Gasteiger partial charge is 0.193 e. The van der Waals surface area contributed by atoms with Gasteiger partial charge >= 0.3 is 0 Å². The first-order valence-electron chi connectivity index (χ1n) is 11.4. The number of halogens is 1. The minimum absolute atomic E-state index is 0. The number of rotatable bonds is 6. The van der Waals surface area contributed by atoms with Gasteiger partial charge in [0.1, 0.15) is 0 Å². The number of guanidine groups is 1. The maximum absolute atomic E-state index is 5.68. The molecule has 3 fully saturated rings. The predicted octanol–water partition coefficient (Wildman–Crippen LogP) is 2.89. The van der Waals surface area contributed by atoms with Gasteiger partial charge in [-0.2, -0.15) is 0 Å². The lowest BCUT2D eigenvalue weighted by Gasteiger charge is -2.36. The maximum atomic E-state index is 5.68. The highest BCUT2D eigenvalue weighted by molar-refractivity contribution is 14.0. The van der Waals surface area contributed by atoms with Crippen molar-refractivity contribution in [3.8, 4) is 0 Å². The van der Waals surface area contributed by atoms with Gasteiger partial charge in [-0.25, -0.2) is 0 Å². The quantitative estimate of drug-likeness (QED) is 0.267. The molecule has 1 unspecified atom stereocenters. The third-order valence-electron chi connectivity index (χ3n) is 6.65. The van der Waals surface area contributed by atoms with E-state index < -0.39 is 0 Å². The minimum Gasteiger partial charge on any atom is -0.381 e. The number of benzene rings is 1. The SMILES string of the molecule is CCNC(=NCCCN1CCN(c2ccccc2)CC1)N1CCC2(CCOC2)C1.I. The normalized spacial score (nSPS) is 25.0. The number of nitrogens with zero attached hydrogens (tertiary/aromatic N) is 4. The van der Waals surface area contributed by atoms with Gasteiger partial charge in [-0.3, -0.25) is 9.89 Å². The molecule has 0 aliphatic carbocycles. The fourth-order valence-corrected chi connectivity index (χ4v) is 4.86. The zero-order valence-corrected chi connectivity index (χ0v) is 20.7. The number of anilines is 1. The van der Waals surface area contributed by atoms with Crippen LogP contribution in [0.5, 0.6) is 0 Å². The van der Waals surface area contributed by atoms with Crippen molar-refractivity contribution in [3.63, 3.8) is 0 Å². The summed E-state index contributed by atoms with van der Waals surface area (Å²) in [5, 5.41) is 3.51. The molecule has 7 heteroatoms. The van der Waals surface area contributed by atoms with E-state index in [0.29, 0.717) is 5.41 Å². The molecule has 1 aromatic rings. The van der Waals surface area contributed by atoms with E-state index in [1.807, 2.05) is 0 Å². The number of aliphatic imine (C=N–C) groups is 1. The van der Waals surface area contributed by atoms with Crippen LogP contribution in [0.2, 0.25) is 0 Å². The third kappa shape index (κ3) is 6.01. The first-order valence-corrected chi connectivity index (χ1v) is 11.4. The maximum Gasteiger partial charge on any atom is 0.193 e. The number of ether oxygens (including phenoxy) is 1. The van der Waals surface area contributed by atoms with Gasteiger partial charge in [0.05, 0.1) is 6.61 Å². The van der Waals surface area contributed by atoms with Crippen molar-refractivity contribution < 1.29 is 4.74 Å². The van der Waals surface area contributed by atoms with Crippen molar-refractivity contribution in [2.75, 3.05) is 77.0 Å². The Kier molecular flexibility index (Phi) is 9.07. The van der Waals surface area contributed by atoms with E-state index >= 15 is 0 Å². The van der Waals surface area contributed by atoms with Gasteiger partial charge in [0.25, 0.3) is 0 Å². The Morgan fingerprint density at radius 1 is 1.10 bits per heavy atom. The van der Waals surface area contributed by atoms with Crippen molar-refractivity contribution >= 4 is 35.6 Å². The highest BCUT2D eigenvalue weighted by Crippen LogP contribution is 2.38. The van der Waals surface area contributed by atoms with Crippen LogP contribution in [0.1, 0.15) is 26.2 Å². The summed E-state index contributed by atoms with van der Waals surface area (Å²) >= 11 is 0. The monoisotopic (exact) mass is 527 g/mol. The molecule has 3 aliphatic rings. The summed E-state index contributed by atoms with van der Waals surface area (Å²) in [6.45, 7) is 13.7. The van der Waals surface area contributed by atoms with Crippen LogP contribution in [-0.4, -0.2) is 87.9 Å². The van der Waals surface area contributed by atoms with Gasteiger partial charge in [0.15, 0.2) is 5.96 Å². The molecule has 1 atom stereocenters. The molecule has 3 aliphatic heterocycles. The Morgan fingerprint density at radius 2 is 1.90 bits per heavy atom. The van der Waals surface area contributed by atoms with Crippen molar-refractivity contribution in [3.05, 3.63) is 30.3 Å². The molecule has 3 heterocycles. The lowest BCUT2D eigenvalue weighted by molar-refractivity contribution is 0.156. The predicted molar refractivity (Wildman–Crippen MR) is 135 cm³/mol. The van der Waals surface area contributed by atoms with Crippen molar-refractivity contribution in [2.24, 2.45) is 10.4 Å². The summed E-state index contributed by atoms with van der Waals surface area (Å²) < 4.78 is 5.68. The van der Waals surface area contributed by atoms with Gasteiger partial charge in [0, 0.05) is 76.6 Å². The number of hydrogen-bond acceptors (Lipinski definition) is 4. The Hall–Kier alpha value is -1.06. The fraction of sp³-hybridized carbons (Fsp3) is 0.696. The molecular formula is C23H38IN5O. The summed E-state index contributed by atoms with van der Waals surface area (Å²) in [6, 6.07) is 10.8. The average molecular weight is 527 g/mol. The van der Waals surface area contributed by atoms with Gasteiger partial charge in [0.2, 0.25) is 0 Å². The van der Waals surface area contributed by atoms with Crippen LogP contribution in [0.3, 0.4) is 0 Å². The fourth-order valence-electron chi connectivity index (χ4n) is 4.86. The standard InChI is InChI=1S/C23H37N5O.HI/c1-2-24-22(28-13-9-23(19-28)10-18-29-20-23)25-11-6-12-26-14-16-27(17-15-26)21-7-4-3-5-8-21;/h3-5,7-8H,2,6,9-20H2,1H3,(H,24,25);1H. The molecule has 4 rings (SSSR count). The summed E-state index contributed by atoms with van der Waals surface area (Å²) in [6.07, 6.45) is 3.57. The zero-order valence-electron chi connectivity index (χ0n) is 18.4. The van der Waals surface area contributed by atoms with Crippen LogP contribution in [0.4, 0.5) is 5.69 Å². The van der Waals surface area contributed by atoms with E-state index in [1.165, 1.54) is 18.5 Å². The largest absolute Gasteiger partial charge is 0.381 e. The molecule has 0 aromatic heterocycles. The van der Waals surface area contributed by atoms with Crippen LogP contribution in [0, 0.1) is 5.41 Å². The summed E-state index contributed by atoms with van der Waals surface area (Å²) in [5.41, 5.74) is 1.73. The Bertz CT molecular complexity index is 657. The summed E-state index contributed by atoms with van der Waals surface area (Å²) in [7, 11) is 0. The molecule has 3 saturated heterocycles. The lowest BCUT2D eigenvalue weighted by Crippen LogP contribution is -2.46. The second-order valence-corrected chi connectivity index (χ2v) is 8.73. The van der Waals surface area contributed by atoms with E-state index in [0.717, 1.165) is 84.5 Å². The van der Waals surface area contributed by atoms with E-state index in [2.05, 4.69) is 57.3 Å². The average Bonchev–Trinajstić information content (AvgIpc) is 3.41. The van der Waals surface area contributed by atoms with Crippen molar-refractivity contribution in [1.29, 1.82) is 0 Å². The lowest BCUT2D eigenvalue weighted by atomic mass is 9.87. The molecule has 1 aromatic carbocycles. The van der Waals surface area contributed by atoms with Gasteiger partial charge in [-0.15, -0.1) is 24.0 Å². The van der Waals surface area contributed by atoms with Crippen LogP contribution >= 0.6 is 24.0 Å². The number of nitrogens with one attached hydrogen (secondary N) is 1. The molecule has 1 spiro atoms. The molecular weight excluding hydrogens is 489 g/mol. The van der Waals surface area contributed by atoms with Crippen LogP contribution < -0.4 is 10.2 Å². The topological polar surface area (TPSA) is 43.3 Å². The number of piperazine rings is 1. The molecule has 0 radical (unpaired) electrons. The molecule has 0 bridgehead atoms. The number of para-hydroxylation sites is 1. The Morgan fingerprint density at radius 3 is 2.60 bits per heavy atom. The molecule has 0 saturated carbocycles. The van der Waals surface area contributed by atoms with E-state index in [-0.39, 0.29) is 24.0 Å². The van der Waals surface area contributed by atoms with Gasteiger partial charge in [-0.1, -0.05) is 18.2 Å². The van der Waals surface area contributed by atoms with E-state index in [1.54, 1.807) is 0 Å². The van der Waals surface area contributed by atoms with Crippen LogP contribution in [0.25, 0.3) is 0 Å². The molecule has 30 heavy (non-hydrogen) atoms. The second kappa shape index (κ2) is 11.5. The summed E-state index contributed by atoms with van der Waals surface area (Å²) in [4.78, 5) is 12.5. The molecule has 168 valence electrons. The van der Waals surface area contributed by atoms with Crippen LogP contribution in [-0.2, 0) is 4.74 Å². The summed E-state index contributed by atoms with van der Waals surface area (Å²) in [5.74, 6) is 1.10.